The second-order valence-electron chi connectivity index (χ2n) is 12.5. The van der Waals surface area contributed by atoms with E-state index in [1.807, 2.05) is 35.2 Å². The first-order chi connectivity index (χ1) is 18.9. The van der Waals surface area contributed by atoms with Gasteiger partial charge in [0.05, 0.1) is 36.6 Å². The highest BCUT2D eigenvalue weighted by molar-refractivity contribution is 6.00. The average molecular weight is 531 g/mol. The van der Waals surface area contributed by atoms with Gasteiger partial charge in [-0.2, -0.15) is 0 Å². The fourth-order valence-electron chi connectivity index (χ4n) is 8.98. The van der Waals surface area contributed by atoms with Gasteiger partial charge in [-0.25, -0.2) is 0 Å². The number of likely N-dealkylation sites (tertiary alicyclic amines) is 1. The molecule has 2 bridgehead atoms. The fourth-order valence-corrected chi connectivity index (χ4v) is 8.98. The molecule has 6 aliphatic rings. The van der Waals surface area contributed by atoms with E-state index in [0.717, 1.165) is 36.2 Å². The molecule has 3 heterocycles. The van der Waals surface area contributed by atoms with Crippen molar-refractivity contribution in [3.05, 3.63) is 58.7 Å². The lowest BCUT2D eigenvalue weighted by Crippen LogP contribution is -2.78. The highest BCUT2D eigenvalue weighted by Crippen LogP contribution is 2.66. The highest BCUT2D eigenvalue weighted by atomic mass is 16.5. The molecule has 204 valence electrons. The minimum absolute atomic E-state index is 0.0285. The Morgan fingerprint density at radius 3 is 2.77 bits per heavy atom. The quantitative estimate of drug-likeness (QED) is 0.573. The molecule has 2 N–H and O–H groups in total. The third-order valence-electron chi connectivity index (χ3n) is 10.8. The van der Waals surface area contributed by atoms with E-state index in [1.165, 1.54) is 20.0 Å². The van der Waals surface area contributed by atoms with Gasteiger partial charge in [0.1, 0.15) is 6.10 Å². The van der Waals surface area contributed by atoms with E-state index in [1.54, 1.807) is 6.07 Å². The molecule has 3 fully saturated rings. The van der Waals surface area contributed by atoms with Crippen LogP contribution >= 0.6 is 0 Å². The van der Waals surface area contributed by atoms with Gasteiger partial charge in [0.25, 0.3) is 5.91 Å². The molecule has 3 aliphatic carbocycles. The lowest BCUT2D eigenvalue weighted by molar-refractivity contribution is -0.200. The highest BCUT2D eigenvalue weighted by Gasteiger charge is 2.74. The minimum Gasteiger partial charge on any atom is -0.504 e. The van der Waals surface area contributed by atoms with Crippen molar-refractivity contribution in [2.45, 2.75) is 80.2 Å². The summed E-state index contributed by atoms with van der Waals surface area (Å²) in [5, 5.41) is 23.7. The first-order valence-corrected chi connectivity index (χ1v) is 14.3. The van der Waals surface area contributed by atoms with Gasteiger partial charge >= 0.3 is 5.97 Å². The number of phenolic OH excluding ortho intramolecular Hbond substituents is 1. The van der Waals surface area contributed by atoms with Crippen LogP contribution in [-0.2, 0) is 21.4 Å². The zero-order chi connectivity index (χ0) is 26.7. The molecule has 6 atom stereocenters. The summed E-state index contributed by atoms with van der Waals surface area (Å²) in [6.45, 7) is 1.86. The van der Waals surface area contributed by atoms with Crippen LogP contribution in [0.25, 0.3) is 0 Å². The van der Waals surface area contributed by atoms with Crippen LogP contribution in [0, 0.1) is 5.92 Å². The molecular weight excluding hydrogens is 496 g/mol. The molecule has 1 spiro atoms. The van der Waals surface area contributed by atoms with Crippen molar-refractivity contribution in [3.63, 3.8) is 0 Å². The van der Waals surface area contributed by atoms with Gasteiger partial charge in [0.15, 0.2) is 11.5 Å². The summed E-state index contributed by atoms with van der Waals surface area (Å²) < 4.78 is 11.8. The zero-order valence-electron chi connectivity index (χ0n) is 22.1. The molecule has 1 amide bonds. The van der Waals surface area contributed by atoms with Crippen LogP contribution in [0.2, 0.25) is 0 Å². The third kappa shape index (κ3) is 2.96. The molecule has 0 aromatic heterocycles. The Hall–Kier alpha value is -3.10. The normalized spacial score (nSPS) is 35.8. The standard InChI is InChI=1S/C31H34N2O6/c1-38-25(35)15-22-19-4-2-3-5-20(19)29(36)33(22)21-10-11-31(37)24-14-18-8-9-23(34)27-26(18)30(31,28(21)39-27)12-13-32(24)16-17-6-7-17/h2-5,8-9,17,21-22,24,28,34,37H,6-7,10-16H2,1H3/t21?,22?,24-,28?,30+,31-/m1/s1. The van der Waals surface area contributed by atoms with Crippen LogP contribution in [0.1, 0.15) is 71.6 Å². The van der Waals surface area contributed by atoms with Crippen LogP contribution < -0.4 is 4.74 Å². The van der Waals surface area contributed by atoms with Crippen LogP contribution in [0.3, 0.4) is 0 Å². The monoisotopic (exact) mass is 530 g/mol. The number of methoxy groups -OCH3 is 1. The number of fused-ring (bicyclic) bond motifs is 1. The number of hydrogen-bond acceptors (Lipinski definition) is 7. The molecule has 2 aromatic rings. The summed E-state index contributed by atoms with van der Waals surface area (Å²) in [6.07, 6.45) is 4.56. The van der Waals surface area contributed by atoms with E-state index in [0.29, 0.717) is 36.5 Å². The van der Waals surface area contributed by atoms with Crippen molar-refractivity contribution in [2.75, 3.05) is 20.2 Å². The number of carbonyl (C=O) groups excluding carboxylic acids is 2. The predicted octanol–water partition coefficient (Wildman–Crippen LogP) is 3.09. The Kier molecular flexibility index (Phi) is 4.86. The molecule has 0 radical (unpaired) electrons. The topological polar surface area (TPSA) is 99.5 Å². The Labute approximate surface area is 227 Å². The van der Waals surface area contributed by atoms with Crippen molar-refractivity contribution in [3.8, 4) is 11.5 Å². The van der Waals surface area contributed by atoms with Gasteiger partial charge in [-0.15, -0.1) is 0 Å². The Balaban J connectivity index is 1.26. The lowest BCUT2D eigenvalue weighted by Gasteiger charge is -2.65. The van der Waals surface area contributed by atoms with Crippen molar-refractivity contribution >= 4 is 11.9 Å². The number of amides is 1. The van der Waals surface area contributed by atoms with Crippen LogP contribution in [0.15, 0.2) is 36.4 Å². The summed E-state index contributed by atoms with van der Waals surface area (Å²) in [5.74, 6) is 0.770. The number of piperidine rings is 1. The number of ether oxygens (including phenoxy) is 2. The molecule has 1 saturated heterocycles. The maximum Gasteiger partial charge on any atom is 0.307 e. The number of aliphatic hydroxyl groups is 1. The van der Waals surface area contributed by atoms with E-state index in [-0.39, 0.29) is 36.1 Å². The first kappa shape index (κ1) is 23.8. The summed E-state index contributed by atoms with van der Waals surface area (Å²) in [6, 6.07) is 10.3. The maximum atomic E-state index is 14.0. The van der Waals surface area contributed by atoms with E-state index < -0.39 is 23.2 Å². The lowest BCUT2D eigenvalue weighted by atomic mass is 9.48. The van der Waals surface area contributed by atoms with E-state index in [9.17, 15) is 19.8 Å². The largest absolute Gasteiger partial charge is 0.504 e. The summed E-state index contributed by atoms with van der Waals surface area (Å²) in [7, 11) is 1.37. The SMILES string of the molecule is COC(=O)CC1c2ccccc2C(=O)N1C1CC[C@@]2(O)[C@H]3Cc4ccc(O)c5c4[C@@]2(CCN3CC2CC2)C1O5. The average Bonchev–Trinajstić information content (AvgIpc) is 3.62. The molecular formula is C31H34N2O6. The molecule has 2 aromatic carbocycles. The molecule has 2 saturated carbocycles. The fraction of sp³-hybridized carbons (Fsp3) is 0.548. The van der Waals surface area contributed by atoms with Gasteiger partial charge in [-0.3, -0.25) is 14.5 Å². The molecule has 8 nitrogen and oxygen atoms in total. The number of nitrogens with zero attached hydrogens (tertiary/aromatic N) is 2. The summed E-state index contributed by atoms with van der Waals surface area (Å²) >= 11 is 0. The van der Waals surface area contributed by atoms with Crippen molar-refractivity contribution < 1.29 is 29.3 Å². The summed E-state index contributed by atoms with van der Waals surface area (Å²) in [4.78, 5) is 30.9. The second-order valence-corrected chi connectivity index (χ2v) is 12.5. The second kappa shape index (κ2) is 7.98. The Bertz CT molecular complexity index is 1410. The molecule has 8 heteroatoms. The Morgan fingerprint density at radius 1 is 1.15 bits per heavy atom. The zero-order valence-corrected chi connectivity index (χ0v) is 22.1. The smallest absolute Gasteiger partial charge is 0.307 e. The van der Waals surface area contributed by atoms with Crippen LogP contribution in [0.4, 0.5) is 0 Å². The van der Waals surface area contributed by atoms with E-state index in [4.69, 9.17) is 9.47 Å². The van der Waals surface area contributed by atoms with Gasteiger partial charge in [-0.05, 0) is 74.2 Å². The van der Waals surface area contributed by atoms with Crippen molar-refractivity contribution in [1.29, 1.82) is 0 Å². The van der Waals surface area contributed by atoms with Gasteiger partial charge < -0.3 is 24.6 Å². The van der Waals surface area contributed by atoms with E-state index in [2.05, 4.69) is 4.90 Å². The molecule has 3 aliphatic heterocycles. The number of esters is 1. The van der Waals surface area contributed by atoms with Crippen LogP contribution in [0.5, 0.6) is 11.5 Å². The van der Waals surface area contributed by atoms with Crippen molar-refractivity contribution in [2.24, 2.45) is 5.92 Å². The molecule has 39 heavy (non-hydrogen) atoms. The maximum absolute atomic E-state index is 14.0. The predicted molar refractivity (Wildman–Crippen MR) is 141 cm³/mol. The number of carbonyl (C=O) groups is 2. The van der Waals surface area contributed by atoms with Gasteiger partial charge in [-0.1, -0.05) is 24.3 Å². The number of rotatable bonds is 5. The molecule has 8 rings (SSSR count). The number of benzene rings is 2. The minimum atomic E-state index is -1.03. The number of phenols is 1. The van der Waals surface area contributed by atoms with E-state index >= 15 is 0 Å². The van der Waals surface area contributed by atoms with Crippen LogP contribution in [-0.4, -0.2) is 75.9 Å². The molecule has 3 unspecified atom stereocenters. The summed E-state index contributed by atoms with van der Waals surface area (Å²) in [5.41, 5.74) is 1.74. The van der Waals surface area contributed by atoms with Crippen molar-refractivity contribution in [1.82, 2.24) is 9.80 Å². The third-order valence-corrected chi connectivity index (χ3v) is 10.8. The van der Waals surface area contributed by atoms with Gasteiger partial charge in [0.2, 0.25) is 0 Å². The number of hydrogen-bond donors (Lipinski definition) is 2. The first-order valence-electron chi connectivity index (χ1n) is 14.3. The Morgan fingerprint density at radius 2 is 1.97 bits per heavy atom. The van der Waals surface area contributed by atoms with Gasteiger partial charge in [0, 0.05) is 23.7 Å². The number of aromatic hydroxyl groups is 1.